The van der Waals surface area contributed by atoms with Crippen molar-refractivity contribution in [3.8, 4) is 11.5 Å². The number of nitrogens with zero attached hydrogens (tertiary/aromatic N) is 2. The lowest BCUT2D eigenvalue weighted by atomic mass is 10.2. The van der Waals surface area contributed by atoms with E-state index in [1.54, 1.807) is 31.2 Å². The molecule has 1 aliphatic heterocycles. The largest absolute Gasteiger partial charge is 0.441 e. The quantitative estimate of drug-likeness (QED) is 0.580. The number of aromatic nitrogens is 1. The predicted octanol–water partition coefficient (Wildman–Crippen LogP) is 2.78. The normalized spacial score (nSPS) is 15.6. The van der Waals surface area contributed by atoms with Gasteiger partial charge in [0.1, 0.15) is 5.76 Å². The summed E-state index contributed by atoms with van der Waals surface area (Å²) in [4.78, 5) is 4.32. The molecular formula is C21H23N3O6S2. The molecule has 2 heterocycles. The number of oxazole rings is 1. The van der Waals surface area contributed by atoms with E-state index in [1.165, 1.54) is 28.6 Å². The van der Waals surface area contributed by atoms with Crippen LogP contribution >= 0.6 is 0 Å². The van der Waals surface area contributed by atoms with E-state index in [2.05, 4.69) is 9.71 Å². The van der Waals surface area contributed by atoms with Crippen molar-refractivity contribution in [3.63, 3.8) is 0 Å². The van der Waals surface area contributed by atoms with Gasteiger partial charge < -0.3 is 9.15 Å². The lowest BCUT2D eigenvalue weighted by Gasteiger charge is -2.26. The molecule has 1 aliphatic rings. The number of rotatable bonds is 6. The monoisotopic (exact) mass is 477 g/mol. The Morgan fingerprint density at radius 2 is 1.59 bits per heavy atom. The topological polar surface area (TPSA) is 119 Å². The second-order valence-corrected chi connectivity index (χ2v) is 11.0. The molecular weight excluding hydrogens is 454 g/mol. The van der Waals surface area contributed by atoms with Gasteiger partial charge in [0, 0.05) is 24.3 Å². The fourth-order valence-corrected chi connectivity index (χ4v) is 5.71. The highest BCUT2D eigenvalue weighted by atomic mass is 32.2. The van der Waals surface area contributed by atoms with Crippen LogP contribution < -0.4 is 4.72 Å². The molecule has 1 N–H and O–H groups in total. The maximum absolute atomic E-state index is 12.8. The van der Waals surface area contributed by atoms with Crippen molar-refractivity contribution in [1.82, 2.24) is 9.29 Å². The van der Waals surface area contributed by atoms with Crippen molar-refractivity contribution < 1.29 is 26.0 Å². The predicted molar refractivity (Wildman–Crippen MR) is 118 cm³/mol. The summed E-state index contributed by atoms with van der Waals surface area (Å²) in [6, 6.07) is 11.9. The molecule has 3 aromatic rings. The third-order valence-electron chi connectivity index (χ3n) is 5.13. The number of hydrogen-bond donors (Lipinski definition) is 1. The van der Waals surface area contributed by atoms with E-state index in [-0.39, 0.29) is 22.9 Å². The van der Waals surface area contributed by atoms with Gasteiger partial charge >= 0.3 is 0 Å². The summed E-state index contributed by atoms with van der Waals surface area (Å²) in [5, 5.41) is 0. The van der Waals surface area contributed by atoms with E-state index < -0.39 is 20.0 Å². The summed E-state index contributed by atoms with van der Waals surface area (Å²) < 4.78 is 65.8. The number of morpholine rings is 1. The Kier molecular flexibility index (Phi) is 6.08. The van der Waals surface area contributed by atoms with E-state index in [0.717, 1.165) is 5.69 Å². The standard InChI is InChI=1S/C21H23N3O6S2/c1-15-16(2)30-21(22-15)17-4-3-5-18(14-17)23-31(25,26)19-6-8-20(9-7-19)32(27,28)24-10-12-29-13-11-24/h3-9,14,23H,10-13H2,1-2H3. The molecule has 11 heteroatoms. The molecule has 1 fully saturated rings. The third-order valence-corrected chi connectivity index (χ3v) is 8.44. The van der Waals surface area contributed by atoms with Crippen LogP contribution in [0.25, 0.3) is 11.5 Å². The minimum Gasteiger partial charge on any atom is -0.441 e. The summed E-state index contributed by atoms with van der Waals surface area (Å²) in [6.45, 7) is 4.84. The molecule has 1 saturated heterocycles. The van der Waals surface area contributed by atoms with Gasteiger partial charge in [0.25, 0.3) is 10.0 Å². The fourth-order valence-electron chi connectivity index (χ4n) is 3.25. The highest BCUT2D eigenvalue weighted by Gasteiger charge is 2.27. The van der Waals surface area contributed by atoms with Crippen LogP contribution in [0, 0.1) is 13.8 Å². The SMILES string of the molecule is Cc1nc(-c2cccc(NS(=O)(=O)c3ccc(S(=O)(=O)N4CCOCC4)cc3)c2)oc1C. The number of aryl methyl sites for hydroxylation is 2. The Labute approximate surface area is 187 Å². The maximum Gasteiger partial charge on any atom is 0.261 e. The second-order valence-electron chi connectivity index (χ2n) is 7.33. The van der Waals surface area contributed by atoms with E-state index in [9.17, 15) is 16.8 Å². The van der Waals surface area contributed by atoms with Crippen molar-refractivity contribution in [2.45, 2.75) is 23.6 Å². The van der Waals surface area contributed by atoms with E-state index in [1.807, 2.05) is 6.92 Å². The van der Waals surface area contributed by atoms with Crippen molar-refractivity contribution in [2.75, 3.05) is 31.0 Å². The van der Waals surface area contributed by atoms with Gasteiger partial charge in [-0.2, -0.15) is 4.31 Å². The number of ether oxygens (including phenoxy) is 1. The first kappa shape index (κ1) is 22.5. The average Bonchev–Trinajstić information content (AvgIpc) is 3.13. The van der Waals surface area contributed by atoms with Gasteiger partial charge in [-0.05, 0) is 56.3 Å². The first-order valence-electron chi connectivity index (χ1n) is 9.92. The van der Waals surface area contributed by atoms with Crippen LogP contribution in [0.1, 0.15) is 11.5 Å². The number of sulfonamides is 2. The number of hydrogen-bond acceptors (Lipinski definition) is 7. The Morgan fingerprint density at radius 3 is 2.22 bits per heavy atom. The molecule has 0 saturated carbocycles. The lowest BCUT2D eigenvalue weighted by Crippen LogP contribution is -2.40. The zero-order valence-corrected chi connectivity index (χ0v) is 19.2. The molecule has 9 nitrogen and oxygen atoms in total. The third kappa shape index (κ3) is 4.56. The Bertz CT molecular complexity index is 1310. The zero-order chi connectivity index (χ0) is 22.9. The molecule has 0 radical (unpaired) electrons. The first-order valence-corrected chi connectivity index (χ1v) is 12.8. The van der Waals surface area contributed by atoms with E-state index >= 15 is 0 Å². The maximum atomic E-state index is 12.8. The van der Waals surface area contributed by atoms with Gasteiger partial charge in [-0.3, -0.25) is 4.72 Å². The van der Waals surface area contributed by atoms with Crippen molar-refractivity contribution in [1.29, 1.82) is 0 Å². The summed E-state index contributed by atoms with van der Waals surface area (Å²) in [6.07, 6.45) is 0. The molecule has 0 amide bonds. The van der Waals surface area contributed by atoms with Crippen molar-refractivity contribution in [2.24, 2.45) is 0 Å². The van der Waals surface area contributed by atoms with Crippen molar-refractivity contribution >= 4 is 25.7 Å². The highest BCUT2D eigenvalue weighted by Crippen LogP contribution is 2.26. The fraction of sp³-hybridized carbons (Fsp3) is 0.286. The van der Waals surface area contributed by atoms with Gasteiger partial charge in [-0.25, -0.2) is 21.8 Å². The highest BCUT2D eigenvalue weighted by molar-refractivity contribution is 7.92. The molecule has 0 atom stereocenters. The van der Waals surface area contributed by atoms with Gasteiger partial charge in [0.05, 0.1) is 28.7 Å². The van der Waals surface area contributed by atoms with Crippen molar-refractivity contribution in [3.05, 3.63) is 60.0 Å². The number of benzene rings is 2. The van der Waals surface area contributed by atoms with E-state index in [4.69, 9.17) is 9.15 Å². The Balaban J connectivity index is 1.55. The minimum atomic E-state index is -3.93. The van der Waals surface area contributed by atoms with Gasteiger partial charge in [-0.1, -0.05) is 6.07 Å². The van der Waals surface area contributed by atoms with Crippen LogP contribution in [0.15, 0.2) is 62.7 Å². The van der Waals surface area contributed by atoms with Crippen LogP contribution in [0.3, 0.4) is 0 Å². The molecule has 170 valence electrons. The molecule has 4 rings (SSSR count). The summed E-state index contributed by atoms with van der Waals surface area (Å²) in [5.41, 5.74) is 1.73. The van der Waals surface area contributed by atoms with Gasteiger partial charge in [0.15, 0.2) is 0 Å². The van der Waals surface area contributed by atoms with Crippen LogP contribution in [0.2, 0.25) is 0 Å². The molecule has 0 bridgehead atoms. The summed E-state index contributed by atoms with van der Waals surface area (Å²) in [7, 11) is -7.63. The van der Waals surface area contributed by atoms with Crippen LogP contribution in [0.4, 0.5) is 5.69 Å². The summed E-state index contributed by atoms with van der Waals surface area (Å²) in [5.74, 6) is 1.09. The molecule has 1 aromatic heterocycles. The molecule has 32 heavy (non-hydrogen) atoms. The smallest absolute Gasteiger partial charge is 0.261 e. The zero-order valence-electron chi connectivity index (χ0n) is 17.6. The second kappa shape index (κ2) is 8.66. The first-order chi connectivity index (χ1) is 15.2. The lowest BCUT2D eigenvalue weighted by molar-refractivity contribution is 0.0730. The van der Waals surface area contributed by atoms with Gasteiger partial charge in [0.2, 0.25) is 15.9 Å². The van der Waals surface area contributed by atoms with Crippen LogP contribution in [-0.2, 0) is 24.8 Å². The Morgan fingerprint density at radius 1 is 0.938 bits per heavy atom. The number of anilines is 1. The molecule has 2 aromatic carbocycles. The van der Waals surface area contributed by atoms with Crippen LogP contribution in [0.5, 0.6) is 0 Å². The summed E-state index contributed by atoms with van der Waals surface area (Å²) >= 11 is 0. The Hall–Kier alpha value is -2.73. The molecule has 0 unspecified atom stereocenters. The molecule has 0 aliphatic carbocycles. The van der Waals surface area contributed by atoms with Gasteiger partial charge in [-0.15, -0.1) is 0 Å². The number of nitrogens with one attached hydrogen (secondary N) is 1. The minimum absolute atomic E-state index is 0.0370. The van der Waals surface area contributed by atoms with Crippen LogP contribution in [-0.4, -0.2) is 52.4 Å². The molecule has 0 spiro atoms. The average molecular weight is 478 g/mol. The van der Waals surface area contributed by atoms with E-state index in [0.29, 0.717) is 36.1 Å².